The second kappa shape index (κ2) is 5.83. The van der Waals surface area contributed by atoms with Crippen LogP contribution >= 0.6 is 11.8 Å². The molecule has 0 unspecified atom stereocenters. The summed E-state index contributed by atoms with van der Waals surface area (Å²) in [4.78, 5) is 11.5. The van der Waals surface area contributed by atoms with Crippen molar-refractivity contribution in [3.8, 4) is 0 Å². The molecular weight excluding hydrogens is 226 g/mol. The first-order chi connectivity index (χ1) is 7.56. The Morgan fingerprint density at radius 2 is 2.19 bits per heavy atom. The third-order valence-corrected chi connectivity index (χ3v) is 3.00. The van der Waals surface area contributed by atoms with Gasteiger partial charge in [-0.2, -0.15) is 0 Å². The number of carbonyl (C=O) groups is 1. The van der Waals surface area contributed by atoms with Crippen LogP contribution in [0.3, 0.4) is 0 Å². The van der Waals surface area contributed by atoms with Crippen LogP contribution in [0.1, 0.15) is 33.7 Å². The van der Waals surface area contributed by atoms with Gasteiger partial charge in [0.2, 0.25) is 11.1 Å². The molecular formula is C9H17N5OS. The number of nitrogens with one attached hydrogen (secondary N) is 1. The number of hydrogen-bond acceptors (Lipinski definition) is 5. The summed E-state index contributed by atoms with van der Waals surface area (Å²) in [5, 5.41) is 14.6. The normalized spacial score (nSPS) is 12.8. The van der Waals surface area contributed by atoms with Gasteiger partial charge in [-0.3, -0.25) is 4.79 Å². The minimum absolute atomic E-state index is 0.00538. The first kappa shape index (κ1) is 13.0. The summed E-state index contributed by atoms with van der Waals surface area (Å²) in [5.74, 6) is 0.00538. The van der Waals surface area contributed by atoms with Crippen LogP contribution in [0.4, 0.5) is 0 Å². The zero-order chi connectivity index (χ0) is 12.1. The smallest absolute Gasteiger partial charge is 0.233 e. The largest absolute Gasteiger partial charge is 0.355 e. The third kappa shape index (κ3) is 3.19. The quantitative estimate of drug-likeness (QED) is 0.777. The Labute approximate surface area is 99.2 Å². The minimum atomic E-state index is -0.191. The number of thioether (sulfide) groups is 1. The second-order valence-corrected chi connectivity index (χ2v) is 4.96. The number of carbonyl (C=O) groups excluding carboxylic acids is 1. The van der Waals surface area contributed by atoms with Crippen LogP contribution in [0.2, 0.25) is 0 Å². The Bertz CT molecular complexity index is 351. The molecule has 0 spiro atoms. The molecule has 0 aliphatic carbocycles. The van der Waals surface area contributed by atoms with Crippen LogP contribution in [0, 0.1) is 0 Å². The van der Waals surface area contributed by atoms with Gasteiger partial charge in [-0.05, 0) is 38.1 Å². The summed E-state index contributed by atoms with van der Waals surface area (Å²) in [6, 6.07) is 0.193. The van der Waals surface area contributed by atoms with Gasteiger partial charge in [0.1, 0.15) is 0 Å². The highest BCUT2D eigenvalue weighted by molar-refractivity contribution is 8.00. The average Bonchev–Trinajstić information content (AvgIpc) is 2.66. The van der Waals surface area contributed by atoms with Gasteiger partial charge in [0.05, 0.1) is 11.3 Å². The zero-order valence-corrected chi connectivity index (χ0v) is 10.8. The highest BCUT2D eigenvalue weighted by Crippen LogP contribution is 2.22. The van der Waals surface area contributed by atoms with Crippen molar-refractivity contribution < 1.29 is 4.79 Å². The summed E-state index contributed by atoms with van der Waals surface area (Å²) < 4.78 is 1.71. The molecule has 90 valence electrons. The van der Waals surface area contributed by atoms with Gasteiger partial charge in [0.25, 0.3) is 0 Å². The Hall–Kier alpha value is -1.11. The van der Waals surface area contributed by atoms with Crippen LogP contribution in [0.15, 0.2) is 5.16 Å². The molecule has 0 saturated carbocycles. The van der Waals surface area contributed by atoms with Gasteiger partial charge >= 0.3 is 0 Å². The SMILES string of the molecule is CCNC(=O)[C@@H](C)Sc1nnnn1C(C)C. The molecule has 0 radical (unpaired) electrons. The van der Waals surface area contributed by atoms with E-state index in [0.717, 1.165) is 0 Å². The number of amides is 1. The van der Waals surface area contributed by atoms with Crippen molar-refractivity contribution in [3.05, 3.63) is 0 Å². The number of hydrogen-bond donors (Lipinski definition) is 1. The Morgan fingerprint density at radius 3 is 2.75 bits per heavy atom. The van der Waals surface area contributed by atoms with Crippen LogP contribution in [-0.4, -0.2) is 37.9 Å². The first-order valence-electron chi connectivity index (χ1n) is 5.28. The maximum Gasteiger partial charge on any atom is 0.233 e. The van der Waals surface area contributed by atoms with Gasteiger partial charge in [-0.1, -0.05) is 11.8 Å². The van der Waals surface area contributed by atoms with E-state index in [4.69, 9.17) is 0 Å². The minimum Gasteiger partial charge on any atom is -0.355 e. The summed E-state index contributed by atoms with van der Waals surface area (Å²) >= 11 is 1.37. The summed E-state index contributed by atoms with van der Waals surface area (Å²) in [6.07, 6.45) is 0. The Balaban J connectivity index is 2.65. The molecule has 1 atom stereocenters. The topological polar surface area (TPSA) is 72.7 Å². The van der Waals surface area contributed by atoms with E-state index in [-0.39, 0.29) is 17.2 Å². The van der Waals surface area contributed by atoms with E-state index in [1.807, 2.05) is 27.7 Å². The molecule has 16 heavy (non-hydrogen) atoms. The van der Waals surface area contributed by atoms with Crippen LogP contribution in [0.25, 0.3) is 0 Å². The summed E-state index contributed by atoms with van der Waals surface area (Å²) in [7, 11) is 0. The van der Waals surface area contributed by atoms with E-state index in [2.05, 4.69) is 20.8 Å². The standard InChI is InChI=1S/C9H17N5OS/c1-5-10-8(15)7(4)16-9-11-12-13-14(9)6(2)3/h6-7H,5H2,1-4H3,(H,10,15)/t7-/m1/s1. The molecule has 0 bridgehead atoms. The predicted octanol–water partition coefficient (Wildman–Crippen LogP) is 0.871. The predicted molar refractivity (Wildman–Crippen MR) is 62.2 cm³/mol. The fourth-order valence-electron chi connectivity index (χ4n) is 1.12. The van der Waals surface area contributed by atoms with E-state index < -0.39 is 0 Å². The van der Waals surface area contributed by atoms with E-state index in [9.17, 15) is 4.79 Å². The molecule has 1 aromatic rings. The lowest BCUT2D eigenvalue weighted by molar-refractivity contribution is -0.120. The van der Waals surface area contributed by atoms with Gasteiger partial charge < -0.3 is 5.32 Å². The maximum atomic E-state index is 11.5. The van der Waals surface area contributed by atoms with Crippen LogP contribution in [0.5, 0.6) is 0 Å². The molecule has 1 N–H and O–H groups in total. The zero-order valence-electron chi connectivity index (χ0n) is 9.97. The highest BCUT2D eigenvalue weighted by Gasteiger charge is 2.18. The molecule has 1 aromatic heterocycles. The summed E-state index contributed by atoms with van der Waals surface area (Å²) in [6.45, 7) is 8.37. The molecule has 0 aliphatic rings. The monoisotopic (exact) mass is 243 g/mol. The van der Waals surface area contributed by atoms with Crippen molar-refractivity contribution in [3.63, 3.8) is 0 Å². The average molecular weight is 243 g/mol. The van der Waals surface area contributed by atoms with Crippen molar-refractivity contribution in [2.24, 2.45) is 0 Å². The summed E-state index contributed by atoms with van der Waals surface area (Å²) in [5.41, 5.74) is 0. The number of nitrogens with zero attached hydrogens (tertiary/aromatic N) is 4. The molecule has 1 amide bonds. The fourth-order valence-corrected chi connectivity index (χ4v) is 2.06. The molecule has 0 fully saturated rings. The van der Waals surface area contributed by atoms with Gasteiger partial charge in [0, 0.05) is 6.54 Å². The Kier molecular flexibility index (Phi) is 4.72. The van der Waals surface area contributed by atoms with E-state index in [1.165, 1.54) is 11.8 Å². The molecule has 0 aromatic carbocycles. The van der Waals surface area contributed by atoms with E-state index in [1.54, 1.807) is 4.68 Å². The van der Waals surface area contributed by atoms with Crippen molar-refractivity contribution in [2.75, 3.05) is 6.54 Å². The molecule has 1 rings (SSSR count). The van der Waals surface area contributed by atoms with Crippen molar-refractivity contribution in [1.82, 2.24) is 25.5 Å². The number of aromatic nitrogens is 4. The lowest BCUT2D eigenvalue weighted by atomic mass is 10.4. The lowest BCUT2D eigenvalue weighted by Crippen LogP contribution is -2.30. The molecule has 0 aliphatic heterocycles. The van der Waals surface area contributed by atoms with E-state index >= 15 is 0 Å². The van der Waals surface area contributed by atoms with Crippen molar-refractivity contribution in [2.45, 2.75) is 44.1 Å². The number of tetrazole rings is 1. The molecule has 0 saturated heterocycles. The highest BCUT2D eigenvalue weighted by atomic mass is 32.2. The van der Waals surface area contributed by atoms with Crippen molar-refractivity contribution in [1.29, 1.82) is 0 Å². The third-order valence-electron chi connectivity index (χ3n) is 1.95. The molecule has 6 nitrogen and oxygen atoms in total. The first-order valence-corrected chi connectivity index (χ1v) is 6.16. The Morgan fingerprint density at radius 1 is 1.50 bits per heavy atom. The van der Waals surface area contributed by atoms with Crippen LogP contribution in [-0.2, 0) is 4.79 Å². The fraction of sp³-hybridized carbons (Fsp3) is 0.778. The lowest BCUT2D eigenvalue weighted by Gasteiger charge is -2.11. The molecule has 1 heterocycles. The maximum absolute atomic E-state index is 11.5. The van der Waals surface area contributed by atoms with Crippen LogP contribution < -0.4 is 5.32 Å². The van der Waals surface area contributed by atoms with Crippen molar-refractivity contribution >= 4 is 17.7 Å². The van der Waals surface area contributed by atoms with Gasteiger partial charge in [0.15, 0.2) is 0 Å². The second-order valence-electron chi connectivity index (χ2n) is 3.65. The van der Waals surface area contributed by atoms with Gasteiger partial charge in [-0.25, -0.2) is 4.68 Å². The van der Waals surface area contributed by atoms with Gasteiger partial charge in [-0.15, -0.1) is 5.10 Å². The number of rotatable bonds is 5. The molecule has 7 heteroatoms. The van der Waals surface area contributed by atoms with E-state index in [0.29, 0.717) is 11.7 Å².